The average Bonchev–Trinajstić information content (AvgIpc) is 3.85. The van der Waals surface area contributed by atoms with Crippen molar-refractivity contribution in [1.82, 2.24) is 19.1 Å². The van der Waals surface area contributed by atoms with Crippen LogP contribution in [0.4, 0.5) is 5.69 Å². The lowest BCUT2D eigenvalue weighted by Crippen LogP contribution is -2.34. The molecule has 0 unspecified atom stereocenters. The lowest BCUT2D eigenvalue weighted by molar-refractivity contribution is 0.156. The Hall–Kier alpha value is -4.58. The van der Waals surface area contributed by atoms with Crippen LogP contribution in [-0.4, -0.2) is 57.3 Å². The van der Waals surface area contributed by atoms with Crippen LogP contribution in [0, 0.1) is 31.3 Å². The summed E-state index contributed by atoms with van der Waals surface area (Å²) in [6.45, 7) is 15.2. The number of anilines is 1. The molecule has 5 aromatic carbocycles. The number of nitrogens with zero attached hydrogens (tertiary/aromatic N) is 5. The summed E-state index contributed by atoms with van der Waals surface area (Å²) in [6.07, 6.45) is 7.41. The monoisotopic (exact) mass is 1020 g/mol. The summed E-state index contributed by atoms with van der Waals surface area (Å²) in [5.41, 5.74) is 8.49. The van der Waals surface area contributed by atoms with Crippen molar-refractivity contribution < 1.29 is 21.6 Å². The zero-order valence-corrected chi connectivity index (χ0v) is 41.4. The average molecular weight is 1020 g/mol. The van der Waals surface area contributed by atoms with Crippen LogP contribution >= 0.6 is 34.2 Å². The molecule has 324 valence electrons. The maximum absolute atomic E-state index is 13.6. The first-order valence-electron chi connectivity index (χ1n) is 20.0. The fraction of sp³-hybridized carbons (Fsp3) is 0.234. The van der Waals surface area contributed by atoms with Gasteiger partial charge in [0.1, 0.15) is 11.6 Å². The number of halogens is 2. The predicted octanol–water partition coefficient (Wildman–Crippen LogP) is 11.4. The van der Waals surface area contributed by atoms with E-state index in [4.69, 9.17) is 16.3 Å². The van der Waals surface area contributed by atoms with E-state index >= 15 is 0 Å². The van der Waals surface area contributed by atoms with Gasteiger partial charge >= 0.3 is 0 Å². The molecule has 0 saturated heterocycles. The molecule has 0 bridgehead atoms. The third kappa shape index (κ3) is 11.7. The SMILES string of the molecule is Cc1cn(-c2ccc(CS(=O)(=O)c3ccccc3-c3cccc(Cl)c3)cc2C)cn1.Cc1cn(-c2ccc(N(COCC[Si](C)(C)C)S(=O)(=O)c3ccccc3I)cc2C)cn1. The van der Waals surface area contributed by atoms with Gasteiger partial charge in [-0.2, -0.15) is 0 Å². The van der Waals surface area contributed by atoms with Gasteiger partial charge < -0.3 is 13.9 Å². The number of benzene rings is 5. The van der Waals surface area contributed by atoms with Crippen molar-refractivity contribution in [3.05, 3.63) is 171 Å². The molecule has 0 amide bonds. The highest BCUT2D eigenvalue weighted by Crippen LogP contribution is 2.32. The molecule has 2 aromatic heterocycles. The first-order valence-corrected chi connectivity index (χ1v) is 28.2. The third-order valence-corrected chi connectivity index (χ3v) is 16.8. The molecule has 10 nitrogen and oxygen atoms in total. The Morgan fingerprint density at radius 2 is 1.31 bits per heavy atom. The van der Waals surface area contributed by atoms with Crippen LogP contribution in [0.3, 0.4) is 0 Å². The van der Waals surface area contributed by atoms with Crippen molar-refractivity contribution >= 4 is 67.8 Å². The molecule has 0 saturated carbocycles. The second kappa shape index (κ2) is 19.9. The van der Waals surface area contributed by atoms with Gasteiger partial charge in [0.15, 0.2) is 9.84 Å². The van der Waals surface area contributed by atoms with Gasteiger partial charge in [-0.05, 0) is 133 Å². The van der Waals surface area contributed by atoms with Crippen LogP contribution in [-0.2, 0) is 30.4 Å². The maximum Gasteiger partial charge on any atom is 0.267 e. The van der Waals surface area contributed by atoms with Crippen LogP contribution in [0.2, 0.25) is 30.7 Å². The number of aromatic nitrogens is 4. The molecular formula is C47H51ClIN5O5S2Si. The van der Waals surface area contributed by atoms with Crippen molar-refractivity contribution in [1.29, 1.82) is 0 Å². The summed E-state index contributed by atoms with van der Waals surface area (Å²) in [5, 5.41) is 0.570. The summed E-state index contributed by atoms with van der Waals surface area (Å²) in [5.74, 6) is -0.0747. The summed E-state index contributed by atoms with van der Waals surface area (Å²) in [6, 6.07) is 33.6. The molecule has 7 rings (SSSR count). The molecule has 0 fully saturated rings. The molecule has 0 radical (unpaired) electrons. The Labute approximate surface area is 385 Å². The summed E-state index contributed by atoms with van der Waals surface area (Å²) in [7, 11) is -8.64. The molecule has 0 spiro atoms. The van der Waals surface area contributed by atoms with Crippen LogP contribution in [0.25, 0.3) is 22.5 Å². The number of sulfone groups is 1. The fourth-order valence-corrected chi connectivity index (χ4v) is 12.0. The Bertz CT molecular complexity index is 2910. The number of hydrogen-bond acceptors (Lipinski definition) is 7. The van der Waals surface area contributed by atoms with E-state index in [0.29, 0.717) is 31.3 Å². The van der Waals surface area contributed by atoms with Gasteiger partial charge in [-0.25, -0.2) is 31.1 Å². The van der Waals surface area contributed by atoms with E-state index in [1.807, 2.05) is 116 Å². The van der Waals surface area contributed by atoms with E-state index in [9.17, 15) is 16.8 Å². The van der Waals surface area contributed by atoms with Crippen LogP contribution in [0.15, 0.2) is 144 Å². The Kier molecular flexibility index (Phi) is 15.0. The molecular weight excluding hydrogens is 969 g/mol. The quantitative estimate of drug-likeness (QED) is 0.0461. The van der Waals surface area contributed by atoms with Gasteiger partial charge in [-0.1, -0.05) is 85.8 Å². The maximum atomic E-state index is 13.6. The summed E-state index contributed by atoms with van der Waals surface area (Å²) in [4.78, 5) is 9.13. The first kappa shape index (κ1) is 46.9. The van der Waals surface area contributed by atoms with Crippen molar-refractivity contribution in [2.24, 2.45) is 0 Å². The number of ether oxygens (including phenoxy) is 1. The normalized spacial score (nSPS) is 11.9. The molecule has 7 aromatic rings. The van der Waals surface area contributed by atoms with E-state index < -0.39 is 27.9 Å². The second-order valence-electron chi connectivity index (χ2n) is 16.3. The van der Waals surface area contributed by atoms with Crippen molar-refractivity contribution in [2.45, 2.75) is 68.9 Å². The van der Waals surface area contributed by atoms with Crippen molar-refractivity contribution in [2.75, 3.05) is 17.6 Å². The van der Waals surface area contributed by atoms with Crippen LogP contribution < -0.4 is 4.31 Å². The van der Waals surface area contributed by atoms with Gasteiger partial charge in [-0.15, -0.1) is 0 Å². The Balaban J connectivity index is 0.000000207. The van der Waals surface area contributed by atoms with Crippen LogP contribution in [0.5, 0.6) is 0 Å². The number of sulfonamides is 1. The predicted molar refractivity (Wildman–Crippen MR) is 262 cm³/mol. The largest absolute Gasteiger partial charge is 0.360 e. The van der Waals surface area contributed by atoms with Gasteiger partial charge in [0, 0.05) is 52.6 Å². The standard InChI is InChI=1S/C24H21ClN2O2S.C23H30IN3O3SSi/c1-17-12-19(10-11-23(17)27-14-18(2)26-16-27)15-30(28,29)24-9-4-3-8-22(24)20-6-5-7-21(25)13-20;1-18-14-20(10-11-22(18)26-15-19(2)25-16-26)27(17-30-12-13-32(3,4)5)31(28,29)23-9-7-6-8-21(23)24/h3-14,16H,15H2,1-2H3;6-11,14-16H,12-13,17H2,1-5H3. The number of imidazole rings is 2. The zero-order valence-electron chi connectivity index (χ0n) is 35.9. The molecule has 0 atom stereocenters. The Morgan fingerprint density at radius 1 is 0.710 bits per heavy atom. The second-order valence-corrected chi connectivity index (χ2v) is 27.3. The van der Waals surface area contributed by atoms with E-state index in [2.05, 4.69) is 52.2 Å². The van der Waals surface area contributed by atoms with Gasteiger partial charge in [0.2, 0.25) is 0 Å². The van der Waals surface area contributed by atoms with Gasteiger partial charge in [0.25, 0.3) is 10.0 Å². The molecule has 0 aliphatic rings. The zero-order chi connectivity index (χ0) is 44.8. The summed E-state index contributed by atoms with van der Waals surface area (Å²) < 4.78 is 65.7. The highest BCUT2D eigenvalue weighted by atomic mass is 127. The molecule has 0 N–H and O–H groups in total. The first-order chi connectivity index (χ1) is 29.3. The van der Waals surface area contributed by atoms with Crippen molar-refractivity contribution in [3.8, 4) is 22.5 Å². The van der Waals surface area contributed by atoms with Gasteiger partial charge in [0.05, 0.1) is 40.4 Å². The minimum atomic E-state index is -3.80. The van der Waals surface area contributed by atoms with Crippen molar-refractivity contribution in [3.63, 3.8) is 0 Å². The number of rotatable bonds is 14. The third-order valence-electron chi connectivity index (χ3n) is 10.0. The molecule has 0 aliphatic carbocycles. The molecule has 62 heavy (non-hydrogen) atoms. The molecule has 15 heteroatoms. The minimum absolute atomic E-state index is 0.0270. The van der Waals surface area contributed by atoms with E-state index in [0.717, 1.165) is 51.1 Å². The Morgan fingerprint density at radius 3 is 1.87 bits per heavy atom. The highest BCUT2D eigenvalue weighted by Gasteiger charge is 2.28. The molecule has 0 aliphatic heterocycles. The highest BCUT2D eigenvalue weighted by molar-refractivity contribution is 14.1. The molecule has 2 heterocycles. The number of aryl methyl sites for hydroxylation is 4. The minimum Gasteiger partial charge on any atom is -0.360 e. The van der Waals surface area contributed by atoms with E-state index in [-0.39, 0.29) is 17.4 Å². The van der Waals surface area contributed by atoms with E-state index in [1.54, 1.807) is 55.1 Å². The topological polar surface area (TPSA) is 116 Å². The summed E-state index contributed by atoms with van der Waals surface area (Å²) >= 11 is 8.18. The van der Waals surface area contributed by atoms with E-state index in [1.165, 1.54) is 4.31 Å². The lowest BCUT2D eigenvalue weighted by atomic mass is 10.1. The smallest absolute Gasteiger partial charge is 0.267 e. The lowest BCUT2D eigenvalue weighted by Gasteiger charge is -2.26. The number of hydrogen-bond donors (Lipinski definition) is 0. The van der Waals surface area contributed by atoms with Gasteiger partial charge in [-0.3, -0.25) is 0 Å². The fourth-order valence-electron chi connectivity index (χ4n) is 6.80. The van der Waals surface area contributed by atoms with Crippen LogP contribution in [0.1, 0.15) is 28.1 Å².